The van der Waals surface area contributed by atoms with E-state index in [1.165, 1.54) is 12.3 Å². The zero-order chi connectivity index (χ0) is 30.8. The number of benzene rings is 1. The second-order valence-corrected chi connectivity index (χ2v) is 12.1. The van der Waals surface area contributed by atoms with E-state index in [0.29, 0.717) is 67.5 Å². The van der Waals surface area contributed by atoms with Crippen molar-refractivity contribution in [2.24, 2.45) is 0 Å². The number of fused-ring (bicyclic) bond motifs is 1. The highest BCUT2D eigenvalue weighted by Crippen LogP contribution is 2.42. The monoisotopic (exact) mass is 605 g/mol. The number of anilines is 2. The van der Waals surface area contributed by atoms with Crippen molar-refractivity contribution in [1.82, 2.24) is 24.7 Å². The highest BCUT2D eigenvalue weighted by molar-refractivity contribution is 6.32. The fourth-order valence-corrected chi connectivity index (χ4v) is 6.90. The molecule has 0 unspecified atom stereocenters. The summed E-state index contributed by atoms with van der Waals surface area (Å²) in [6, 6.07) is 4.22. The second-order valence-electron chi connectivity index (χ2n) is 11.7. The van der Waals surface area contributed by atoms with Crippen LogP contribution in [-0.2, 0) is 17.8 Å². The molecule has 1 amide bonds. The van der Waals surface area contributed by atoms with Crippen LogP contribution in [0.25, 0.3) is 0 Å². The molecule has 2 fully saturated rings. The minimum atomic E-state index is -0.287. The van der Waals surface area contributed by atoms with Crippen LogP contribution in [0, 0.1) is 23.7 Å². The molecule has 228 valence electrons. The van der Waals surface area contributed by atoms with Crippen molar-refractivity contribution in [3.63, 3.8) is 0 Å². The predicted molar refractivity (Wildman–Crippen MR) is 168 cm³/mol. The molecule has 3 aliphatic rings. The number of aryl methyl sites for hydroxylation is 1. The van der Waals surface area contributed by atoms with E-state index in [2.05, 4.69) is 34.4 Å². The number of hydrogen-bond donors (Lipinski definition) is 2. The number of aromatic nitrogens is 2. The molecule has 0 bridgehead atoms. The van der Waals surface area contributed by atoms with Gasteiger partial charge in [-0.3, -0.25) is 9.69 Å². The Hall–Kier alpha value is -3.72. The van der Waals surface area contributed by atoms with Crippen molar-refractivity contribution < 1.29 is 9.53 Å². The van der Waals surface area contributed by atoms with Crippen molar-refractivity contribution in [2.45, 2.75) is 57.3 Å². The molecule has 11 nitrogen and oxygen atoms in total. The van der Waals surface area contributed by atoms with Crippen LogP contribution in [0.5, 0.6) is 6.01 Å². The standard InChI is InChI=1S/C31H40ClN9O2/c1-5-27(42)41-12-11-40(16-20(41)8-9-33)30-23-17-39(4)26(28-22(15-34)24(35)13-19(2)29(28)32)14-25(23)36-31(37-30)43-18-21-7-6-10-38(21)3/h5,13,15,20-21,26,34H,1,6-8,10-12,14,16-18,35H2,2-4H3/t20-,21-,26+/m0/s1. The van der Waals surface area contributed by atoms with E-state index in [4.69, 9.17) is 37.4 Å². The fraction of sp³-hybridized carbons (Fsp3) is 0.516. The maximum atomic E-state index is 12.5. The van der Waals surface area contributed by atoms with E-state index >= 15 is 0 Å². The molecule has 43 heavy (non-hydrogen) atoms. The lowest BCUT2D eigenvalue weighted by molar-refractivity contribution is -0.128. The summed E-state index contributed by atoms with van der Waals surface area (Å²) in [6.45, 7) is 9.12. The maximum Gasteiger partial charge on any atom is 0.318 e. The Morgan fingerprint density at radius 2 is 2.07 bits per heavy atom. The summed E-state index contributed by atoms with van der Waals surface area (Å²) in [4.78, 5) is 30.8. The molecule has 12 heteroatoms. The van der Waals surface area contributed by atoms with Crippen molar-refractivity contribution >= 4 is 35.2 Å². The maximum absolute atomic E-state index is 12.5. The van der Waals surface area contributed by atoms with Crippen LogP contribution in [0.4, 0.5) is 11.5 Å². The zero-order valence-corrected chi connectivity index (χ0v) is 25.9. The summed E-state index contributed by atoms with van der Waals surface area (Å²) in [5.74, 6) is 0.592. The molecule has 0 aliphatic carbocycles. The van der Waals surface area contributed by atoms with Gasteiger partial charge in [0, 0.05) is 72.7 Å². The SMILES string of the molecule is C=CC(=O)N1CCN(c2nc(OC[C@@H]3CCCN3C)nc3c2CN(C)[C@@H](c2c(Cl)c(C)cc(N)c2C=N)C3)C[C@@H]1CC#N. The average molecular weight is 606 g/mol. The third kappa shape index (κ3) is 6.05. The van der Waals surface area contributed by atoms with Crippen LogP contribution in [0.3, 0.4) is 0 Å². The van der Waals surface area contributed by atoms with Gasteiger partial charge in [-0.05, 0) is 63.7 Å². The Morgan fingerprint density at radius 3 is 2.74 bits per heavy atom. The van der Waals surface area contributed by atoms with Gasteiger partial charge in [-0.15, -0.1) is 0 Å². The molecule has 3 aliphatic heterocycles. The third-order valence-electron chi connectivity index (χ3n) is 9.05. The van der Waals surface area contributed by atoms with E-state index < -0.39 is 0 Å². The zero-order valence-electron chi connectivity index (χ0n) is 25.1. The number of ether oxygens (including phenoxy) is 1. The lowest BCUT2D eigenvalue weighted by atomic mass is 9.89. The van der Waals surface area contributed by atoms with Crippen molar-refractivity contribution in [3.05, 3.63) is 51.7 Å². The molecule has 2 aromatic rings. The first-order chi connectivity index (χ1) is 20.7. The fourth-order valence-electron chi connectivity index (χ4n) is 6.62. The second kappa shape index (κ2) is 12.9. The van der Waals surface area contributed by atoms with Crippen LogP contribution < -0.4 is 15.4 Å². The predicted octanol–water partition coefficient (Wildman–Crippen LogP) is 3.34. The van der Waals surface area contributed by atoms with Crippen LogP contribution in [0.2, 0.25) is 5.02 Å². The number of rotatable bonds is 8. The lowest BCUT2D eigenvalue weighted by Crippen LogP contribution is -2.55. The number of likely N-dealkylation sites (N-methyl/N-ethyl adjacent to an activating group) is 2. The van der Waals surface area contributed by atoms with Crippen LogP contribution in [0.1, 0.15) is 53.3 Å². The number of nitrogens with two attached hydrogens (primary N) is 1. The summed E-state index contributed by atoms with van der Waals surface area (Å²) in [7, 11) is 4.14. The number of nitrogen functional groups attached to an aromatic ring is 1. The molecule has 1 aromatic heterocycles. The minimum absolute atomic E-state index is 0.163. The third-order valence-corrected chi connectivity index (χ3v) is 9.56. The Morgan fingerprint density at radius 1 is 1.28 bits per heavy atom. The van der Waals surface area contributed by atoms with Gasteiger partial charge in [0.15, 0.2) is 0 Å². The number of halogens is 1. The summed E-state index contributed by atoms with van der Waals surface area (Å²) in [5.41, 5.74) is 11.0. The van der Waals surface area contributed by atoms with E-state index in [0.717, 1.165) is 47.6 Å². The molecule has 1 aromatic carbocycles. The summed E-state index contributed by atoms with van der Waals surface area (Å²) in [6.07, 6.45) is 5.52. The van der Waals surface area contributed by atoms with Gasteiger partial charge in [-0.25, -0.2) is 0 Å². The molecule has 0 saturated carbocycles. The highest BCUT2D eigenvalue weighted by atomic mass is 35.5. The number of piperazine rings is 1. The summed E-state index contributed by atoms with van der Waals surface area (Å²) in [5, 5.41) is 18.2. The quantitative estimate of drug-likeness (QED) is 0.263. The van der Waals surface area contributed by atoms with Gasteiger partial charge in [-0.1, -0.05) is 18.2 Å². The van der Waals surface area contributed by atoms with Crippen LogP contribution in [-0.4, -0.2) is 95.8 Å². The van der Waals surface area contributed by atoms with Gasteiger partial charge in [-0.2, -0.15) is 15.2 Å². The van der Waals surface area contributed by atoms with Crippen LogP contribution in [0.15, 0.2) is 18.7 Å². The van der Waals surface area contributed by atoms with Crippen molar-refractivity contribution in [1.29, 1.82) is 10.7 Å². The number of likely N-dealkylation sites (tertiary alicyclic amines) is 1. The molecule has 0 radical (unpaired) electrons. The van der Waals surface area contributed by atoms with E-state index in [1.807, 2.05) is 20.0 Å². The number of amides is 1. The summed E-state index contributed by atoms with van der Waals surface area (Å²) < 4.78 is 6.27. The van der Waals surface area contributed by atoms with Crippen molar-refractivity contribution in [2.75, 3.05) is 57.5 Å². The highest BCUT2D eigenvalue weighted by Gasteiger charge is 2.36. The number of hydrogen-bond acceptors (Lipinski definition) is 10. The lowest BCUT2D eigenvalue weighted by Gasteiger charge is -2.43. The molecule has 4 heterocycles. The molecule has 3 atom stereocenters. The number of carbonyl (C=O) groups is 1. The topological polar surface area (TPSA) is 139 Å². The number of nitrogens with zero attached hydrogens (tertiary/aromatic N) is 7. The Kier molecular flexibility index (Phi) is 9.20. The minimum Gasteiger partial charge on any atom is -0.462 e. The Labute approximate surface area is 258 Å². The first-order valence-electron chi connectivity index (χ1n) is 14.7. The first-order valence-corrected chi connectivity index (χ1v) is 15.1. The first kappa shape index (κ1) is 30.7. The van der Waals surface area contributed by atoms with Gasteiger partial charge in [0.05, 0.1) is 24.2 Å². The summed E-state index contributed by atoms with van der Waals surface area (Å²) >= 11 is 6.87. The molecule has 3 N–H and O–H groups in total. The van der Waals surface area contributed by atoms with Gasteiger partial charge in [0.2, 0.25) is 5.91 Å². The molecule has 0 spiro atoms. The van der Waals surface area contributed by atoms with Crippen molar-refractivity contribution in [3.8, 4) is 12.1 Å². The van der Waals surface area contributed by atoms with E-state index in [1.54, 1.807) is 4.90 Å². The van der Waals surface area contributed by atoms with Gasteiger partial charge in [0.25, 0.3) is 0 Å². The normalized spacial score (nSPS) is 22.6. The number of carbonyl (C=O) groups excluding carboxylic acids is 1. The average Bonchev–Trinajstić information content (AvgIpc) is 3.41. The number of nitrogens with one attached hydrogen (secondary N) is 1. The van der Waals surface area contributed by atoms with Gasteiger partial charge >= 0.3 is 6.01 Å². The smallest absolute Gasteiger partial charge is 0.318 e. The Bertz CT molecular complexity index is 1460. The van der Waals surface area contributed by atoms with Gasteiger partial charge in [0.1, 0.15) is 12.4 Å². The Balaban J connectivity index is 1.54. The molecule has 5 rings (SSSR count). The largest absolute Gasteiger partial charge is 0.462 e. The van der Waals surface area contributed by atoms with Gasteiger partial charge < -0.3 is 30.6 Å². The molecule has 2 saturated heterocycles. The molecular weight excluding hydrogens is 566 g/mol. The van der Waals surface area contributed by atoms with E-state index in [-0.39, 0.29) is 24.4 Å². The van der Waals surface area contributed by atoms with E-state index in [9.17, 15) is 10.1 Å². The number of nitriles is 1. The molecular formula is C31H40ClN9O2. The van der Waals surface area contributed by atoms with Crippen LogP contribution >= 0.6 is 11.6 Å².